The molecule has 2 heterocycles. The molecule has 3 aromatic rings. The zero-order valence-electron chi connectivity index (χ0n) is 15.5. The second-order valence-electron chi connectivity index (χ2n) is 6.96. The highest BCUT2D eigenvalue weighted by atomic mass is 16.4. The lowest BCUT2D eigenvalue weighted by molar-refractivity contribution is -0.115. The summed E-state index contributed by atoms with van der Waals surface area (Å²) in [5, 5.41) is 8.22. The quantitative estimate of drug-likeness (QED) is 0.713. The van der Waals surface area contributed by atoms with E-state index >= 15 is 0 Å². The highest BCUT2D eigenvalue weighted by Crippen LogP contribution is 2.19. The van der Waals surface area contributed by atoms with Gasteiger partial charge in [-0.25, -0.2) is 4.79 Å². The van der Waals surface area contributed by atoms with Crippen molar-refractivity contribution in [1.29, 1.82) is 0 Å². The summed E-state index contributed by atoms with van der Waals surface area (Å²) in [6.45, 7) is 9.06. The molecule has 0 radical (unpaired) electrons. The molecule has 6 heteroatoms. The SMILES string of the molecule is Cc1nn(CC(C)C)c(C)c1CC(=O)Nc1ccc2oc(=O)ccc2c1. The van der Waals surface area contributed by atoms with E-state index in [9.17, 15) is 9.59 Å². The van der Waals surface area contributed by atoms with Crippen molar-refractivity contribution in [1.82, 2.24) is 9.78 Å². The normalized spacial score (nSPS) is 11.3. The van der Waals surface area contributed by atoms with Crippen LogP contribution in [0.5, 0.6) is 0 Å². The Morgan fingerprint density at radius 1 is 1.23 bits per heavy atom. The summed E-state index contributed by atoms with van der Waals surface area (Å²) in [5.74, 6) is 0.393. The van der Waals surface area contributed by atoms with Crippen LogP contribution in [0.3, 0.4) is 0 Å². The number of hydrogen-bond donors (Lipinski definition) is 1. The smallest absolute Gasteiger partial charge is 0.336 e. The van der Waals surface area contributed by atoms with E-state index < -0.39 is 5.63 Å². The Morgan fingerprint density at radius 2 is 2.00 bits per heavy atom. The van der Waals surface area contributed by atoms with Gasteiger partial charge in [-0.1, -0.05) is 13.8 Å². The fraction of sp³-hybridized carbons (Fsp3) is 0.350. The van der Waals surface area contributed by atoms with Gasteiger partial charge in [0.25, 0.3) is 0 Å². The molecule has 136 valence electrons. The standard InChI is InChI=1S/C20H23N3O3/c1-12(2)11-23-14(4)17(13(3)22-23)10-19(24)21-16-6-7-18-15(9-16)5-8-20(25)26-18/h5-9,12H,10-11H2,1-4H3,(H,21,24). The summed E-state index contributed by atoms with van der Waals surface area (Å²) in [4.78, 5) is 23.7. The van der Waals surface area contributed by atoms with Crippen molar-refractivity contribution in [2.45, 2.75) is 40.7 Å². The van der Waals surface area contributed by atoms with Crippen LogP contribution in [0.2, 0.25) is 0 Å². The number of aryl methyl sites for hydroxylation is 1. The van der Waals surface area contributed by atoms with E-state index in [1.807, 2.05) is 18.5 Å². The van der Waals surface area contributed by atoms with E-state index in [0.717, 1.165) is 28.9 Å². The van der Waals surface area contributed by atoms with Crippen LogP contribution in [-0.2, 0) is 17.8 Å². The first kappa shape index (κ1) is 17.9. The summed E-state index contributed by atoms with van der Waals surface area (Å²) < 4.78 is 7.08. The number of hydrogen-bond acceptors (Lipinski definition) is 4. The van der Waals surface area contributed by atoms with Gasteiger partial charge in [0.15, 0.2) is 0 Å². The third kappa shape index (κ3) is 3.85. The van der Waals surface area contributed by atoms with E-state index in [0.29, 0.717) is 17.2 Å². The molecule has 0 saturated carbocycles. The Kier molecular flexibility index (Phi) is 4.93. The van der Waals surface area contributed by atoms with Crippen LogP contribution in [0.25, 0.3) is 11.0 Å². The lowest BCUT2D eigenvalue weighted by Gasteiger charge is -2.09. The third-order valence-electron chi connectivity index (χ3n) is 4.31. The number of carbonyl (C=O) groups excluding carboxylic acids is 1. The van der Waals surface area contributed by atoms with Crippen molar-refractivity contribution < 1.29 is 9.21 Å². The first-order valence-electron chi connectivity index (χ1n) is 8.70. The molecule has 0 spiro atoms. The van der Waals surface area contributed by atoms with Crippen molar-refractivity contribution in [3.05, 3.63) is 57.7 Å². The molecule has 0 atom stereocenters. The third-order valence-corrected chi connectivity index (χ3v) is 4.31. The molecule has 1 aromatic carbocycles. The highest BCUT2D eigenvalue weighted by molar-refractivity contribution is 5.94. The molecule has 0 aliphatic heterocycles. The molecule has 26 heavy (non-hydrogen) atoms. The Morgan fingerprint density at radius 3 is 2.73 bits per heavy atom. The molecule has 0 saturated heterocycles. The minimum atomic E-state index is -0.390. The van der Waals surface area contributed by atoms with E-state index in [4.69, 9.17) is 4.42 Å². The van der Waals surface area contributed by atoms with Gasteiger partial charge in [0.2, 0.25) is 5.91 Å². The largest absolute Gasteiger partial charge is 0.423 e. The molecule has 2 aromatic heterocycles. The topological polar surface area (TPSA) is 77.1 Å². The minimum Gasteiger partial charge on any atom is -0.423 e. The molecule has 1 amide bonds. The number of nitrogens with one attached hydrogen (secondary N) is 1. The maximum absolute atomic E-state index is 12.5. The molecule has 3 rings (SSSR count). The minimum absolute atomic E-state index is 0.1000. The summed E-state index contributed by atoms with van der Waals surface area (Å²) in [7, 11) is 0. The van der Waals surface area contributed by atoms with Gasteiger partial charge in [0.1, 0.15) is 5.58 Å². The number of nitrogens with zero attached hydrogens (tertiary/aromatic N) is 2. The van der Waals surface area contributed by atoms with Gasteiger partial charge < -0.3 is 9.73 Å². The van der Waals surface area contributed by atoms with Gasteiger partial charge in [0.05, 0.1) is 12.1 Å². The van der Waals surface area contributed by atoms with Gasteiger partial charge in [-0.3, -0.25) is 9.48 Å². The molecule has 0 aliphatic rings. The number of anilines is 1. The van der Waals surface area contributed by atoms with Crippen LogP contribution in [0.15, 0.2) is 39.5 Å². The predicted octanol–water partition coefficient (Wildman–Crippen LogP) is 3.44. The van der Waals surface area contributed by atoms with Gasteiger partial charge in [0, 0.05) is 34.9 Å². The van der Waals surface area contributed by atoms with Crippen LogP contribution in [-0.4, -0.2) is 15.7 Å². The predicted molar refractivity (Wildman–Crippen MR) is 101 cm³/mol. The van der Waals surface area contributed by atoms with E-state index in [2.05, 4.69) is 24.3 Å². The van der Waals surface area contributed by atoms with Crippen molar-refractivity contribution in [2.75, 3.05) is 5.32 Å². The Bertz CT molecular complexity index is 1010. The fourth-order valence-corrected chi connectivity index (χ4v) is 3.03. The van der Waals surface area contributed by atoms with Gasteiger partial charge in [-0.15, -0.1) is 0 Å². The van der Waals surface area contributed by atoms with Gasteiger partial charge >= 0.3 is 5.63 Å². The molecule has 0 fully saturated rings. The second-order valence-corrected chi connectivity index (χ2v) is 6.96. The molecular weight excluding hydrogens is 330 g/mol. The van der Waals surface area contributed by atoms with E-state index in [1.54, 1.807) is 24.3 Å². The molecule has 1 N–H and O–H groups in total. The van der Waals surface area contributed by atoms with Gasteiger partial charge in [-0.05, 0) is 44.0 Å². The lowest BCUT2D eigenvalue weighted by atomic mass is 10.1. The van der Waals surface area contributed by atoms with Crippen molar-refractivity contribution in [2.24, 2.45) is 5.92 Å². The number of fused-ring (bicyclic) bond motifs is 1. The number of benzene rings is 1. The van der Waals surface area contributed by atoms with Crippen LogP contribution >= 0.6 is 0 Å². The average molecular weight is 353 g/mol. The van der Waals surface area contributed by atoms with Crippen molar-refractivity contribution in [3.63, 3.8) is 0 Å². The summed E-state index contributed by atoms with van der Waals surface area (Å²) >= 11 is 0. The summed E-state index contributed by atoms with van der Waals surface area (Å²) in [6.07, 6.45) is 0.275. The molecule has 6 nitrogen and oxygen atoms in total. The van der Waals surface area contributed by atoms with Crippen LogP contribution in [0, 0.1) is 19.8 Å². The van der Waals surface area contributed by atoms with E-state index in [-0.39, 0.29) is 12.3 Å². The van der Waals surface area contributed by atoms with Gasteiger partial charge in [-0.2, -0.15) is 5.10 Å². The molecule has 0 bridgehead atoms. The van der Waals surface area contributed by atoms with Crippen LogP contribution in [0.4, 0.5) is 5.69 Å². The Hall–Kier alpha value is -2.89. The highest BCUT2D eigenvalue weighted by Gasteiger charge is 2.16. The second kappa shape index (κ2) is 7.15. The average Bonchev–Trinajstić information content (AvgIpc) is 2.82. The van der Waals surface area contributed by atoms with Crippen molar-refractivity contribution >= 4 is 22.6 Å². The number of aromatic nitrogens is 2. The summed E-state index contributed by atoms with van der Waals surface area (Å²) in [5.41, 5.74) is 3.66. The lowest BCUT2D eigenvalue weighted by Crippen LogP contribution is -2.15. The first-order valence-corrected chi connectivity index (χ1v) is 8.70. The number of rotatable bonds is 5. The van der Waals surface area contributed by atoms with Crippen LogP contribution < -0.4 is 10.9 Å². The molecular formula is C20H23N3O3. The number of amides is 1. The summed E-state index contributed by atoms with van der Waals surface area (Å²) in [6, 6.07) is 8.25. The Balaban J connectivity index is 1.76. The zero-order chi connectivity index (χ0) is 18.8. The molecule has 0 aliphatic carbocycles. The molecule has 0 unspecified atom stereocenters. The zero-order valence-corrected chi connectivity index (χ0v) is 15.5. The monoisotopic (exact) mass is 353 g/mol. The van der Waals surface area contributed by atoms with Crippen LogP contribution in [0.1, 0.15) is 30.8 Å². The van der Waals surface area contributed by atoms with E-state index in [1.165, 1.54) is 6.07 Å². The maximum Gasteiger partial charge on any atom is 0.336 e. The van der Waals surface area contributed by atoms with Crippen molar-refractivity contribution in [3.8, 4) is 0 Å². The Labute approximate surface area is 151 Å². The maximum atomic E-state index is 12.5. The number of carbonyl (C=O) groups is 1. The first-order chi connectivity index (χ1) is 12.3. The fourth-order valence-electron chi connectivity index (χ4n) is 3.03.